The van der Waals surface area contributed by atoms with E-state index in [1.165, 1.54) is 12.5 Å². The minimum atomic E-state index is -1.76. The third kappa shape index (κ3) is 7.51. The van der Waals surface area contributed by atoms with E-state index in [4.69, 9.17) is 28.4 Å². The van der Waals surface area contributed by atoms with Crippen LogP contribution in [0.4, 0.5) is 0 Å². The number of hydrogen-bond donors (Lipinski definition) is 9. The van der Waals surface area contributed by atoms with E-state index in [2.05, 4.69) is 54.5 Å². The van der Waals surface area contributed by atoms with Gasteiger partial charge in [-0.05, 0) is 116 Å². The summed E-state index contributed by atoms with van der Waals surface area (Å²) in [5.41, 5.74) is 0.321. The van der Waals surface area contributed by atoms with Crippen molar-refractivity contribution in [2.45, 2.75) is 212 Å². The molecule has 0 aromatic carbocycles. The second-order valence-corrected chi connectivity index (χ2v) is 23.0. The number of fused-ring (bicyclic) bond motifs is 7. The molecule has 16 nitrogen and oxygen atoms in total. The maximum absolute atomic E-state index is 13.1. The highest BCUT2D eigenvalue weighted by Crippen LogP contribution is 2.76. The lowest BCUT2D eigenvalue weighted by Gasteiger charge is -2.71. The van der Waals surface area contributed by atoms with Crippen LogP contribution in [0.25, 0.3) is 0 Å². The number of aliphatic hydroxyl groups excluding tert-OH is 8. The summed E-state index contributed by atoms with van der Waals surface area (Å²) in [6.07, 6.45) is -10.0. The van der Waals surface area contributed by atoms with Gasteiger partial charge in [0.1, 0.15) is 61.0 Å². The highest BCUT2D eigenvalue weighted by Gasteiger charge is 2.69. The Morgan fingerprint density at radius 3 is 2.08 bits per heavy atom. The van der Waals surface area contributed by atoms with E-state index in [0.29, 0.717) is 18.8 Å². The Bertz CT molecular complexity index is 1720. The van der Waals surface area contributed by atoms with E-state index in [-0.39, 0.29) is 51.6 Å². The summed E-state index contributed by atoms with van der Waals surface area (Å²) in [6.45, 7) is 16.9. The van der Waals surface area contributed by atoms with E-state index in [0.717, 1.165) is 51.4 Å². The van der Waals surface area contributed by atoms with Crippen LogP contribution in [0, 0.1) is 50.2 Å². The molecule has 7 fully saturated rings. The molecule has 4 saturated carbocycles. The molecule has 0 bridgehead atoms. The van der Waals surface area contributed by atoms with Crippen LogP contribution in [0.1, 0.15) is 120 Å². The van der Waals surface area contributed by atoms with Crippen molar-refractivity contribution >= 4 is 5.97 Å². The van der Waals surface area contributed by atoms with Gasteiger partial charge in [-0.25, -0.2) is 0 Å². The molecular weight excluding hydrogens is 821 g/mol. The Labute approximate surface area is 371 Å². The van der Waals surface area contributed by atoms with Crippen molar-refractivity contribution in [1.29, 1.82) is 0 Å². The molecule has 63 heavy (non-hydrogen) atoms. The lowest BCUT2D eigenvalue weighted by Crippen LogP contribution is -2.66. The summed E-state index contributed by atoms with van der Waals surface area (Å²) < 4.78 is 35.9. The van der Waals surface area contributed by atoms with Crippen LogP contribution < -0.4 is 0 Å². The third-order valence-electron chi connectivity index (χ3n) is 19.0. The molecule has 8 rings (SSSR count). The van der Waals surface area contributed by atoms with Crippen LogP contribution in [0.15, 0.2) is 11.6 Å². The van der Waals surface area contributed by atoms with Crippen molar-refractivity contribution < 1.29 is 79.2 Å². The highest BCUT2D eigenvalue weighted by molar-refractivity contribution is 5.76. The van der Waals surface area contributed by atoms with Crippen molar-refractivity contribution in [2.24, 2.45) is 50.2 Å². The molecule has 3 saturated heterocycles. The number of allylic oxidation sites excluding steroid dienone is 2. The fourth-order valence-corrected chi connectivity index (χ4v) is 14.8. The fourth-order valence-electron chi connectivity index (χ4n) is 14.8. The quantitative estimate of drug-likeness (QED) is 0.125. The van der Waals surface area contributed by atoms with Crippen molar-refractivity contribution in [3.8, 4) is 0 Å². The Kier molecular flexibility index (Phi) is 12.8. The van der Waals surface area contributed by atoms with Crippen LogP contribution in [-0.4, -0.2) is 157 Å². The number of aliphatic carboxylic acids is 1. The fraction of sp³-hybridized carbons (Fsp3) is 0.936. The molecule has 16 heteroatoms. The van der Waals surface area contributed by atoms with Gasteiger partial charge in [0.2, 0.25) is 0 Å². The number of carboxylic acids is 1. The lowest BCUT2D eigenvalue weighted by atomic mass is 9.33. The standard InChI is InChI=1S/C47H76O16/c1-22-30(49)33(52)36(55)39(59-22)63-37-34(53)31(50)25(20-48)60-40(37)61-26-21-58-38(35(54)32(26)51)62-29-12-13-44(6)27(43(29,4)5)11-14-46(8)28(44)10-9-23-24-19-42(2,3)15-17-47(24,41(56)57)18-16-45(23,46)7/h9,22,24-40,48-55H,10-21H2,1-8H3,(H,56,57)/t22-,24+,25+,26+,27+,28+,29+,30-,31+,32-,33+,34-,35+,36+,37-,38+,39+,40-,44+,45+,46+,47-/m0/s1. The summed E-state index contributed by atoms with van der Waals surface area (Å²) >= 11 is 0. The lowest BCUT2D eigenvalue weighted by molar-refractivity contribution is -0.382. The third-order valence-corrected chi connectivity index (χ3v) is 19.0. The van der Waals surface area contributed by atoms with Gasteiger partial charge < -0.3 is 74.4 Å². The van der Waals surface area contributed by atoms with E-state index >= 15 is 0 Å². The molecule has 22 atom stereocenters. The molecular formula is C47H76O16. The average molecular weight is 897 g/mol. The first-order chi connectivity index (χ1) is 29.4. The van der Waals surface area contributed by atoms with Crippen LogP contribution in [0.5, 0.6) is 0 Å². The summed E-state index contributed by atoms with van der Waals surface area (Å²) in [7, 11) is 0. The topological polar surface area (TPSA) is 255 Å². The van der Waals surface area contributed by atoms with Crippen molar-refractivity contribution in [3.05, 3.63) is 11.6 Å². The van der Waals surface area contributed by atoms with Gasteiger partial charge in [0.15, 0.2) is 18.9 Å². The first-order valence-corrected chi connectivity index (χ1v) is 23.6. The molecule has 0 spiro atoms. The van der Waals surface area contributed by atoms with E-state index in [1.807, 2.05) is 0 Å². The minimum Gasteiger partial charge on any atom is -0.481 e. The Hall–Kier alpha value is -1.35. The zero-order valence-electron chi connectivity index (χ0n) is 38.3. The molecule has 0 aromatic heterocycles. The number of carboxylic acid groups (broad SMARTS) is 1. The molecule has 8 aliphatic rings. The smallest absolute Gasteiger partial charge is 0.310 e. The molecule has 0 aromatic rings. The zero-order valence-corrected chi connectivity index (χ0v) is 38.3. The molecule has 3 aliphatic heterocycles. The number of carbonyl (C=O) groups is 1. The number of rotatable bonds is 8. The van der Waals surface area contributed by atoms with Gasteiger partial charge in [-0.3, -0.25) is 4.79 Å². The van der Waals surface area contributed by atoms with Crippen molar-refractivity contribution in [2.75, 3.05) is 13.2 Å². The van der Waals surface area contributed by atoms with Gasteiger partial charge in [-0.1, -0.05) is 60.1 Å². The first kappa shape index (κ1) is 48.1. The normalized spacial score (nSPS) is 54.1. The monoisotopic (exact) mass is 897 g/mol. The van der Waals surface area contributed by atoms with Gasteiger partial charge in [-0.15, -0.1) is 0 Å². The summed E-state index contributed by atoms with van der Waals surface area (Å²) in [5.74, 6) is 0.0795. The SMILES string of the molecule is C[C@@H]1O[C@H](O[C@@H]2[C@H](O[C@@H]3CO[C@H](O[C@@H]4CC[C@]5(C)[C@H](CC[C@]6(C)[C@@H]5CC=C5[C@H]7CC(C)(C)CC[C@]7(C(=O)O)CC[C@]56C)C4(C)C)[C@H](O)[C@H]3O)O[C@H](CO)[C@@H](O)[C@@H]2O)[C@H](O)[C@H](O)[C@H]1O. The molecule has 5 aliphatic carbocycles. The molecule has 9 N–H and O–H groups in total. The predicted molar refractivity (Wildman–Crippen MR) is 223 cm³/mol. The van der Waals surface area contributed by atoms with Gasteiger partial charge in [0.25, 0.3) is 0 Å². The predicted octanol–water partition coefficient (Wildman–Crippen LogP) is 2.37. The molecule has 0 unspecified atom stereocenters. The van der Waals surface area contributed by atoms with E-state index in [9.17, 15) is 50.8 Å². The first-order valence-electron chi connectivity index (χ1n) is 23.6. The molecule has 360 valence electrons. The summed E-state index contributed by atoms with van der Waals surface area (Å²) in [6, 6.07) is 0. The molecule has 3 heterocycles. The van der Waals surface area contributed by atoms with Crippen LogP contribution in [0.2, 0.25) is 0 Å². The summed E-state index contributed by atoms with van der Waals surface area (Å²) in [5, 5.41) is 96.5. The van der Waals surface area contributed by atoms with Crippen LogP contribution >= 0.6 is 0 Å². The number of aliphatic hydroxyl groups is 8. The maximum atomic E-state index is 13.1. The van der Waals surface area contributed by atoms with E-state index in [1.54, 1.807) is 0 Å². The summed E-state index contributed by atoms with van der Waals surface area (Å²) in [4.78, 5) is 13.1. The highest BCUT2D eigenvalue weighted by atomic mass is 16.8. The second kappa shape index (κ2) is 16.7. The number of ether oxygens (including phenoxy) is 6. The van der Waals surface area contributed by atoms with Crippen LogP contribution in [-0.2, 0) is 33.2 Å². The zero-order chi connectivity index (χ0) is 46.0. The molecule has 0 amide bonds. The average Bonchev–Trinajstić information content (AvgIpc) is 3.22. The van der Waals surface area contributed by atoms with Crippen LogP contribution in [0.3, 0.4) is 0 Å². The maximum Gasteiger partial charge on any atom is 0.310 e. The Morgan fingerprint density at radius 2 is 1.40 bits per heavy atom. The largest absolute Gasteiger partial charge is 0.481 e. The second-order valence-electron chi connectivity index (χ2n) is 23.0. The molecule has 0 radical (unpaired) electrons. The van der Waals surface area contributed by atoms with E-state index < -0.39 is 104 Å². The number of hydrogen-bond acceptors (Lipinski definition) is 15. The Morgan fingerprint density at radius 1 is 0.714 bits per heavy atom. The van der Waals surface area contributed by atoms with Crippen molar-refractivity contribution in [3.63, 3.8) is 0 Å². The van der Waals surface area contributed by atoms with Gasteiger partial charge in [-0.2, -0.15) is 0 Å². The minimum absolute atomic E-state index is 0.0109. The van der Waals surface area contributed by atoms with Gasteiger partial charge >= 0.3 is 5.97 Å². The van der Waals surface area contributed by atoms with Gasteiger partial charge in [0.05, 0.1) is 30.8 Å². The van der Waals surface area contributed by atoms with Gasteiger partial charge in [0, 0.05) is 0 Å². The van der Waals surface area contributed by atoms with Crippen molar-refractivity contribution in [1.82, 2.24) is 0 Å². The Balaban J connectivity index is 0.952.